The Kier molecular flexibility index (Phi) is 3.52. The molecule has 16 heavy (non-hydrogen) atoms. The summed E-state index contributed by atoms with van der Waals surface area (Å²) in [5.74, 6) is 0.344. The molecule has 1 rings (SSSR count). The number of nitro groups is 1. The minimum absolute atomic E-state index is 0.0205. The van der Waals surface area contributed by atoms with E-state index < -0.39 is 10.5 Å². The predicted molar refractivity (Wildman–Crippen MR) is 62.8 cm³/mol. The minimum atomic E-state index is -0.416. The van der Waals surface area contributed by atoms with Crippen molar-refractivity contribution < 1.29 is 9.66 Å². The van der Waals surface area contributed by atoms with Crippen LogP contribution in [0.3, 0.4) is 0 Å². The van der Waals surface area contributed by atoms with Gasteiger partial charge in [0.1, 0.15) is 5.60 Å². The van der Waals surface area contributed by atoms with Crippen molar-refractivity contribution in [2.45, 2.75) is 39.7 Å². The number of benzene rings is 1. The van der Waals surface area contributed by atoms with Crippen molar-refractivity contribution in [2.24, 2.45) is 0 Å². The topological polar surface area (TPSA) is 52.4 Å². The van der Waals surface area contributed by atoms with E-state index in [2.05, 4.69) is 0 Å². The molecule has 0 aromatic heterocycles. The van der Waals surface area contributed by atoms with Crippen LogP contribution in [0.4, 0.5) is 5.69 Å². The average Bonchev–Trinajstić information content (AvgIpc) is 2.16. The van der Waals surface area contributed by atoms with Crippen LogP contribution in [0.1, 0.15) is 32.8 Å². The van der Waals surface area contributed by atoms with E-state index in [4.69, 9.17) is 4.74 Å². The second-order valence-electron chi connectivity index (χ2n) is 4.44. The molecule has 0 bridgehead atoms. The zero-order valence-electron chi connectivity index (χ0n) is 10.1. The van der Waals surface area contributed by atoms with Gasteiger partial charge in [0.2, 0.25) is 0 Å². The van der Waals surface area contributed by atoms with E-state index in [9.17, 15) is 10.1 Å². The summed E-state index contributed by atoms with van der Waals surface area (Å²) in [6, 6.07) is 4.90. The first-order chi connectivity index (χ1) is 7.35. The number of nitrogens with zero attached hydrogens (tertiary/aromatic N) is 1. The number of rotatable bonds is 4. The minimum Gasteiger partial charge on any atom is -0.481 e. The number of nitro benzene ring substituents is 1. The molecule has 0 atom stereocenters. The van der Waals surface area contributed by atoms with Crippen molar-refractivity contribution in [2.75, 3.05) is 0 Å². The second kappa shape index (κ2) is 4.51. The zero-order chi connectivity index (χ0) is 12.3. The summed E-state index contributed by atoms with van der Waals surface area (Å²) in [5.41, 5.74) is 0.582. The van der Waals surface area contributed by atoms with Crippen molar-refractivity contribution >= 4 is 5.69 Å². The van der Waals surface area contributed by atoms with Gasteiger partial charge in [-0.05, 0) is 38.8 Å². The summed E-state index contributed by atoms with van der Waals surface area (Å²) in [7, 11) is 0. The Labute approximate surface area is 95.4 Å². The van der Waals surface area contributed by atoms with Crippen LogP contribution < -0.4 is 4.74 Å². The fourth-order valence-electron chi connectivity index (χ4n) is 1.22. The quantitative estimate of drug-likeness (QED) is 0.580. The van der Waals surface area contributed by atoms with Crippen LogP contribution in [0.25, 0.3) is 0 Å². The monoisotopic (exact) mass is 223 g/mol. The Hall–Kier alpha value is -1.58. The van der Waals surface area contributed by atoms with E-state index in [0.29, 0.717) is 5.75 Å². The largest absolute Gasteiger partial charge is 0.481 e. The van der Waals surface area contributed by atoms with Crippen LogP contribution in [-0.4, -0.2) is 10.5 Å². The molecule has 0 saturated heterocycles. The molecule has 0 amide bonds. The van der Waals surface area contributed by atoms with Gasteiger partial charge in [0.25, 0.3) is 0 Å². The highest BCUT2D eigenvalue weighted by Gasteiger charge is 2.23. The lowest BCUT2D eigenvalue weighted by Crippen LogP contribution is -2.27. The molecule has 1 aromatic rings. The smallest absolute Gasteiger partial charge is 0.310 e. The summed E-state index contributed by atoms with van der Waals surface area (Å²) in [6.45, 7) is 7.70. The van der Waals surface area contributed by atoms with Crippen molar-refractivity contribution in [3.8, 4) is 5.75 Å². The third kappa shape index (κ3) is 2.95. The van der Waals surface area contributed by atoms with E-state index in [-0.39, 0.29) is 5.69 Å². The number of hydrogen-bond donors (Lipinski definition) is 0. The Balaban J connectivity index is 3.10. The molecule has 0 heterocycles. The van der Waals surface area contributed by atoms with E-state index in [1.54, 1.807) is 12.1 Å². The van der Waals surface area contributed by atoms with Crippen LogP contribution in [0, 0.1) is 17.0 Å². The summed E-state index contributed by atoms with van der Waals surface area (Å²) < 4.78 is 5.68. The average molecular weight is 223 g/mol. The Morgan fingerprint density at radius 2 is 2.06 bits per heavy atom. The highest BCUT2D eigenvalue weighted by molar-refractivity contribution is 5.48. The van der Waals surface area contributed by atoms with Gasteiger partial charge in [0, 0.05) is 6.07 Å². The van der Waals surface area contributed by atoms with Crippen molar-refractivity contribution in [1.82, 2.24) is 0 Å². The molecule has 0 aliphatic rings. The first-order valence-electron chi connectivity index (χ1n) is 5.30. The standard InChI is InChI=1S/C12H17NO3/c1-5-12(3,4)16-11-8-9(2)6-7-10(11)13(14)15/h6-8H,5H2,1-4H3. The molecule has 0 radical (unpaired) electrons. The molecule has 4 heteroatoms. The molecule has 0 spiro atoms. The van der Waals surface area contributed by atoms with Crippen LogP contribution in [-0.2, 0) is 0 Å². The van der Waals surface area contributed by atoms with Crippen LogP contribution in [0.2, 0.25) is 0 Å². The predicted octanol–water partition coefficient (Wildman–Crippen LogP) is 3.47. The molecule has 0 aliphatic carbocycles. The Morgan fingerprint density at radius 3 is 2.56 bits per heavy atom. The van der Waals surface area contributed by atoms with Crippen molar-refractivity contribution in [3.05, 3.63) is 33.9 Å². The van der Waals surface area contributed by atoms with Gasteiger partial charge in [0.05, 0.1) is 4.92 Å². The maximum Gasteiger partial charge on any atom is 0.310 e. The van der Waals surface area contributed by atoms with E-state index >= 15 is 0 Å². The fraction of sp³-hybridized carbons (Fsp3) is 0.500. The first kappa shape index (κ1) is 12.5. The molecular weight excluding hydrogens is 206 g/mol. The maximum absolute atomic E-state index is 10.8. The van der Waals surface area contributed by atoms with E-state index in [0.717, 1.165) is 12.0 Å². The molecule has 88 valence electrons. The number of aryl methyl sites for hydroxylation is 1. The molecule has 0 saturated carbocycles. The van der Waals surface area contributed by atoms with Gasteiger partial charge in [-0.25, -0.2) is 0 Å². The number of hydrogen-bond acceptors (Lipinski definition) is 3. The van der Waals surface area contributed by atoms with E-state index in [1.807, 2.05) is 27.7 Å². The molecule has 0 N–H and O–H groups in total. The summed E-state index contributed by atoms with van der Waals surface area (Å²) in [4.78, 5) is 10.4. The van der Waals surface area contributed by atoms with Gasteiger partial charge >= 0.3 is 5.69 Å². The molecule has 0 aliphatic heterocycles. The SMILES string of the molecule is CCC(C)(C)Oc1cc(C)ccc1[N+](=O)[O-]. The Bertz CT molecular complexity index is 399. The Morgan fingerprint density at radius 1 is 1.44 bits per heavy atom. The van der Waals surface area contributed by atoms with Crippen molar-refractivity contribution in [1.29, 1.82) is 0 Å². The highest BCUT2D eigenvalue weighted by atomic mass is 16.6. The van der Waals surface area contributed by atoms with E-state index in [1.165, 1.54) is 6.07 Å². The van der Waals surface area contributed by atoms with Crippen molar-refractivity contribution in [3.63, 3.8) is 0 Å². The van der Waals surface area contributed by atoms with Gasteiger partial charge in [0.15, 0.2) is 5.75 Å². The van der Waals surface area contributed by atoms with Gasteiger partial charge in [-0.1, -0.05) is 13.0 Å². The summed E-state index contributed by atoms with van der Waals surface area (Å²) >= 11 is 0. The third-order valence-corrected chi connectivity index (χ3v) is 2.55. The summed E-state index contributed by atoms with van der Waals surface area (Å²) in [5, 5.41) is 10.8. The second-order valence-corrected chi connectivity index (χ2v) is 4.44. The molecule has 0 unspecified atom stereocenters. The van der Waals surface area contributed by atoms with Gasteiger partial charge in [-0.3, -0.25) is 10.1 Å². The van der Waals surface area contributed by atoms with Crippen LogP contribution >= 0.6 is 0 Å². The normalized spacial score (nSPS) is 11.2. The molecule has 1 aromatic carbocycles. The highest BCUT2D eigenvalue weighted by Crippen LogP contribution is 2.31. The molecular formula is C12H17NO3. The van der Waals surface area contributed by atoms with Gasteiger partial charge in [-0.2, -0.15) is 0 Å². The molecule has 4 nitrogen and oxygen atoms in total. The van der Waals surface area contributed by atoms with Crippen LogP contribution in [0.15, 0.2) is 18.2 Å². The zero-order valence-corrected chi connectivity index (χ0v) is 10.1. The molecule has 0 fully saturated rings. The summed E-state index contributed by atoms with van der Waals surface area (Å²) in [6.07, 6.45) is 0.790. The maximum atomic E-state index is 10.8. The lowest BCUT2D eigenvalue weighted by molar-refractivity contribution is -0.386. The fourth-order valence-corrected chi connectivity index (χ4v) is 1.22. The lowest BCUT2D eigenvalue weighted by Gasteiger charge is -2.24. The first-order valence-corrected chi connectivity index (χ1v) is 5.30. The lowest BCUT2D eigenvalue weighted by atomic mass is 10.1. The van der Waals surface area contributed by atoms with Crippen LogP contribution in [0.5, 0.6) is 5.75 Å². The van der Waals surface area contributed by atoms with Gasteiger partial charge < -0.3 is 4.74 Å². The third-order valence-electron chi connectivity index (χ3n) is 2.55. The number of ether oxygens (including phenoxy) is 1. The van der Waals surface area contributed by atoms with Gasteiger partial charge in [-0.15, -0.1) is 0 Å².